The number of aliphatic imine (C=N–C) groups is 1. The minimum Gasteiger partial charge on any atom is -0.483 e. The standard InChI is InChI=1S/C11H13N3O2/c12-10(15)7-16-9-4-2-1-3-8(9)11-13-5-6-14-11/h1-4H,5-7H2,(H2,12,15)(H,13,14). The second-order valence-corrected chi connectivity index (χ2v) is 3.41. The van der Waals surface area contributed by atoms with Gasteiger partial charge in [0.25, 0.3) is 5.91 Å². The number of hydrogen-bond donors (Lipinski definition) is 2. The monoisotopic (exact) mass is 219 g/mol. The first-order valence-electron chi connectivity index (χ1n) is 5.06. The Kier molecular flexibility index (Phi) is 3.05. The van der Waals surface area contributed by atoms with Gasteiger partial charge in [-0.2, -0.15) is 0 Å². The maximum atomic E-state index is 10.7. The van der Waals surface area contributed by atoms with Crippen LogP contribution in [-0.4, -0.2) is 31.4 Å². The highest BCUT2D eigenvalue weighted by Gasteiger charge is 2.13. The summed E-state index contributed by atoms with van der Waals surface area (Å²) < 4.78 is 5.32. The van der Waals surface area contributed by atoms with E-state index in [4.69, 9.17) is 10.5 Å². The lowest BCUT2D eigenvalue weighted by Crippen LogP contribution is -2.23. The number of nitrogens with zero attached hydrogens (tertiary/aromatic N) is 1. The Morgan fingerprint density at radius 2 is 2.31 bits per heavy atom. The molecule has 16 heavy (non-hydrogen) atoms. The van der Waals surface area contributed by atoms with Crippen LogP contribution in [0, 0.1) is 0 Å². The van der Waals surface area contributed by atoms with Crippen molar-refractivity contribution in [3.05, 3.63) is 29.8 Å². The van der Waals surface area contributed by atoms with Crippen molar-refractivity contribution in [2.45, 2.75) is 0 Å². The summed E-state index contributed by atoms with van der Waals surface area (Å²) in [5.41, 5.74) is 5.90. The van der Waals surface area contributed by atoms with Crippen molar-refractivity contribution < 1.29 is 9.53 Å². The zero-order chi connectivity index (χ0) is 11.4. The topological polar surface area (TPSA) is 76.7 Å². The number of amides is 1. The van der Waals surface area contributed by atoms with Crippen LogP contribution < -0.4 is 15.8 Å². The Morgan fingerprint density at radius 3 is 3.00 bits per heavy atom. The number of benzene rings is 1. The summed E-state index contributed by atoms with van der Waals surface area (Å²) in [6.07, 6.45) is 0. The molecule has 1 amide bonds. The Bertz CT molecular complexity index is 429. The number of primary amides is 1. The van der Waals surface area contributed by atoms with Crippen LogP contribution in [0.15, 0.2) is 29.3 Å². The minimum absolute atomic E-state index is 0.121. The SMILES string of the molecule is NC(=O)COc1ccccc1C1=NCCN1. The third kappa shape index (κ3) is 2.31. The van der Waals surface area contributed by atoms with Gasteiger partial charge >= 0.3 is 0 Å². The van der Waals surface area contributed by atoms with Crippen molar-refractivity contribution in [3.8, 4) is 5.75 Å². The number of amidine groups is 1. The van der Waals surface area contributed by atoms with Crippen LogP contribution in [-0.2, 0) is 4.79 Å². The average molecular weight is 219 g/mol. The van der Waals surface area contributed by atoms with Gasteiger partial charge in [0.2, 0.25) is 0 Å². The van der Waals surface area contributed by atoms with Gasteiger partial charge in [0, 0.05) is 6.54 Å². The van der Waals surface area contributed by atoms with E-state index in [9.17, 15) is 4.79 Å². The first-order chi connectivity index (χ1) is 7.77. The van der Waals surface area contributed by atoms with Crippen molar-refractivity contribution in [2.24, 2.45) is 10.7 Å². The van der Waals surface area contributed by atoms with E-state index in [0.717, 1.165) is 24.5 Å². The predicted octanol–water partition coefficient (Wildman–Crippen LogP) is -0.0995. The number of para-hydroxylation sites is 1. The normalized spacial score (nSPS) is 14.1. The zero-order valence-corrected chi connectivity index (χ0v) is 8.77. The van der Waals surface area contributed by atoms with Gasteiger partial charge in [-0.1, -0.05) is 12.1 Å². The third-order valence-corrected chi connectivity index (χ3v) is 2.19. The summed E-state index contributed by atoms with van der Waals surface area (Å²) in [6, 6.07) is 7.43. The predicted molar refractivity (Wildman–Crippen MR) is 60.5 cm³/mol. The number of hydrogen-bond acceptors (Lipinski definition) is 4. The summed E-state index contributed by atoms with van der Waals surface area (Å²) in [6.45, 7) is 1.48. The van der Waals surface area contributed by atoms with Gasteiger partial charge in [0.15, 0.2) is 6.61 Å². The van der Waals surface area contributed by atoms with Gasteiger partial charge in [-0.15, -0.1) is 0 Å². The van der Waals surface area contributed by atoms with Gasteiger partial charge in [0.05, 0.1) is 12.1 Å². The molecule has 0 fully saturated rings. The quantitative estimate of drug-likeness (QED) is 0.742. The van der Waals surface area contributed by atoms with E-state index in [1.165, 1.54) is 0 Å². The lowest BCUT2D eigenvalue weighted by atomic mass is 10.2. The summed E-state index contributed by atoms with van der Waals surface area (Å²) in [7, 11) is 0. The zero-order valence-electron chi connectivity index (χ0n) is 8.77. The van der Waals surface area contributed by atoms with Crippen molar-refractivity contribution >= 4 is 11.7 Å². The number of rotatable bonds is 4. The molecule has 0 saturated heterocycles. The molecule has 0 saturated carbocycles. The molecule has 0 atom stereocenters. The van der Waals surface area contributed by atoms with E-state index in [1.807, 2.05) is 18.2 Å². The molecule has 0 radical (unpaired) electrons. The highest BCUT2D eigenvalue weighted by molar-refractivity contribution is 6.02. The van der Waals surface area contributed by atoms with Crippen molar-refractivity contribution in [1.29, 1.82) is 0 Å². The molecule has 1 aliphatic heterocycles. The summed E-state index contributed by atoms with van der Waals surface area (Å²) in [5.74, 6) is 0.936. The van der Waals surface area contributed by atoms with Crippen LogP contribution >= 0.6 is 0 Å². The average Bonchev–Trinajstić information content (AvgIpc) is 2.80. The summed E-state index contributed by atoms with van der Waals surface area (Å²) in [4.78, 5) is 15.0. The molecule has 1 aromatic rings. The highest BCUT2D eigenvalue weighted by atomic mass is 16.5. The van der Waals surface area contributed by atoms with E-state index in [1.54, 1.807) is 6.07 Å². The first-order valence-corrected chi connectivity index (χ1v) is 5.06. The van der Waals surface area contributed by atoms with Crippen LogP contribution in [0.3, 0.4) is 0 Å². The molecule has 0 aliphatic carbocycles. The molecule has 1 aliphatic rings. The Morgan fingerprint density at radius 1 is 1.50 bits per heavy atom. The van der Waals surface area contributed by atoms with Gasteiger partial charge < -0.3 is 15.8 Å². The fourth-order valence-electron chi connectivity index (χ4n) is 1.52. The molecule has 5 nitrogen and oxygen atoms in total. The molecule has 3 N–H and O–H groups in total. The fourth-order valence-corrected chi connectivity index (χ4v) is 1.52. The number of carbonyl (C=O) groups is 1. The van der Waals surface area contributed by atoms with Crippen LogP contribution in [0.1, 0.15) is 5.56 Å². The lowest BCUT2D eigenvalue weighted by Gasteiger charge is -2.10. The third-order valence-electron chi connectivity index (χ3n) is 2.19. The van der Waals surface area contributed by atoms with Crippen molar-refractivity contribution in [2.75, 3.05) is 19.7 Å². The molecule has 0 spiro atoms. The van der Waals surface area contributed by atoms with E-state index in [0.29, 0.717) is 5.75 Å². The molecule has 1 aromatic carbocycles. The fraction of sp³-hybridized carbons (Fsp3) is 0.273. The maximum Gasteiger partial charge on any atom is 0.255 e. The second-order valence-electron chi connectivity index (χ2n) is 3.41. The molecule has 0 unspecified atom stereocenters. The molecule has 84 valence electrons. The molecule has 2 rings (SSSR count). The second kappa shape index (κ2) is 4.65. The number of carbonyl (C=O) groups excluding carboxylic acids is 1. The van der Waals surface area contributed by atoms with Gasteiger partial charge in [0.1, 0.15) is 11.6 Å². The Hall–Kier alpha value is -2.04. The van der Waals surface area contributed by atoms with Crippen molar-refractivity contribution in [3.63, 3.8) is 0 Å². The summed E-state index contributed by atoms with van der Waals surface area (Å²) >= 11 is 0. The highest BCUT2D eigenvalue weighted by Crippen LogP contribution is 2.18. The molecule has 5 heteroatoms. The van der Waals surface area contributed by atoms with E-state index in [2.05, 4.69) is 10.3 Å². The first kappa shape index (κ1) is 10.5. The lowest BCUT2D eigenvalue weighted by molar-refractivity contribution is -0.119. The molecule has 0 bridgehead atoms. The number of nitrogens with two attached hydrogens (primary N) is 1. The van der Waals surface area contributed by atoms with Gasteiger partial charge in [-0.05, 0) is 12.1 Å². The van der Waals surface area contributed by atoms with Gasteiger partial charge in [-0.3, -0.25) is 9.79 Å². The number of ether oxygens (including phenoxy) is 1. The van der Waals surface area contributed by atoms with Crippen LogP contribution in [0.4, 0.5) is 0 Å². The van der Waals surface area contributed by atoms with Crippen LogP contribution in [0.2, 0.25) is 0 Å². The minimum atomic E-state index is -0.490. The molecule has 1 heterocycles. The summed E-state index contributed by atoms with van der Waals surface area (Å²) in [5, 5.41) is 3.15. The van der Waals surface area contributed by atoms with Gasteiger partial charge in [-0.25, -0.2) is 0 Å². The van der Waals surface area contributed by atoms with Crippen molar-refractivity contribution in [1.82, 2.24) is 5.32 Å². The Balaban J connectivity index is 2.20. The molecule has 0 aromatic heterocycles. The van der Waals surface area contributed by atoms with E-state index >= 15 is 0 Å². The van der Waals surface area contributed by atoms with E-state index < -0.39 is 5.91 Å². The Labute approximate surface area is 93.3 Å². The van der Waals surface area contributed by atoms with Crippen LogP contribution in [0.5, 0.6) is 5.75 Å². The molecular weight excluding hydrogens is 206 g/mol. The largest absolute Gasteiger partial charge is 0.483 e. The maximum absolute atomic E-state index is 10.7. The van der Waals surface area contributed by atoms with Crippen LogP contribution in [0.25, 0.3) is 0 Å². The number of nitrogens with one attached hydrogen (secondary N) is 1. The van der Waals surface area contributed by atoms with E-state index in [-0.39, 0.29) is 6.61 Å². The molecular formula is C11H13N3O2. The smallest absolute Gasteiger partial charge is 0.255 e.